The van der Waals surface area contributed by atoms with Gasteiger partial charge < -0.3 is 10.4 Å². The Morgan fingerprint density at radius 1 is 1.20 bits per heavy atom. The van der Waals surface area contributed by atoms with Crippen molar-refractivity contribution in [2.24, 2.45) is 0 Å². The minimum atomic E-state index is -1.12. The summed E-state index contributed by atoms with van der Waals surface area (Å²) in [5, 5.41) is 10.9. The molecule has 0 aliphatic heterocycles. The van der Waals surface area contributed by atoms with Crippen molar-refractivity contribution in [1.29, 1.82) is 0 Å². The molecule has 1 unspecified atom stereocenters. The van der Waals surface area contributed by atoms with Gasteiger partial charge in [-0.1, -0.05) is 15.9 Å². The Morgan fingerprint density at radius 2 is 1.85 bits per heavy atom. The van der Waals surface area contributed by atoms with Crippen LogP contribution in [0.2, 0.25) is 0 Å². The number of hydrogen-bond donors (Lipinski definition) is 2. The molecular weight excluding hydrogens is 346 g/mol. The number of nitrogens with one attached hydrogen (secondary N) is 1. The summed E-state index contributed by atoms with van der Waals surface area (Å²) in [6.07, 6.45) is 0.667. The second-order valence-corrected chi connectivity index (χ2v) is 6.59. The fourth-order valence-electron chi connectivity index (χ4n) is 1.47. The number of halogens is 1. The van der Waals surface area contributed by atoms with E-state index in [2.05, 4.69) is 21.2 Å². The summed E-state index contributed by atoms with van der Waals surface area (Å²) in [6.45, 7) is 0.129. The molecule has 110 valence electrons. The Balaban J connectivity index is 2.23. The first-order valence-electron chi connectivity index (χ1n) is 6.11. The topological polar surface area (TPSA) is 83.5 Å². The lowest BCUT2D eigenvalue weighted by atomic mass is 10.3. The molecule has 2 N–H and O–H groups in total. The van der Waals surface area contributed by atoms with Gasteiger partial charge in [-0.15, -0.1) is 0 Å². The summed E-state index contributed by atoms with van der Waals surface area (Å²) >= 11 is 3.31. The van der Waals surface area contributed by atoms with Crippen LogP contribution in [-0.2, 0) is 20.4 Å². The van der Waals surface area contributed by atoms with Gasteiger partial charge in [-0.25, -0.2) is 0 Å². The Morgan fingerprint density at radius 3 is 2.45 bits per heavy atom. The van der Waals surface area contributed by atoms with Gasteiger partial charge in [0.15, 0.2) is 0 Å². The average Bonchev–Trinajstić information content (AvgIpc) is 2.39. The summed E-state index contributed by atoms with van der Waals surface area (Å²) < 4.78 is 12.9. The number of aliphatic carboxylic acids is 1. The quantitative estimate of drug-likeness (QED) is 0.740. The van der Waals surface area contributed by atoms with Crippen molar-refractivity contribution in [3.8, 4) is 0 Å². The highest BCUT2D eigenvalue weighted by Crippen LogP contribution is 2.14. The fourth-order valence-corrected chi connectivity index (χ4v) is 2.81. The molecule has 1 amide bonds. The lowest BCUT2D eigenvalue weighted by molar-refractivity contribution is -0.136. The van der Waals surface area contributed by atoms with Gasteiger partial charge in [0.25, 0.3) is 0 Å². The molecule has 0 radical (unpaired) electrons. The van der Waals surface area contributed by atoms with Crippen LogP contribution in [-0.4, -0.2) is 33.5 Å². The van der Waals surface area contributed by atoms with Gasteiger partial charge >= 0.3 is 5.97 Å². The van der Waals surface area contributed by atoms with Crippen LogP contribution < -0.4 is 5.32 Å². The molecule has 7 heteroatoms. The van der Waals surface area contributed by atoms with Crippen LogP contribution in [0.15, 0.2) is 33.6 Å². The first-order valence-corrected chi connectivity index (χ1v) is 8.22. The van der Waals surface area contributed by atoms with Crippen molar-refractivity contribution in [3.63, 3.8) is 0 Å². The normalized spacial score (nSPS) is 11.8. The SMILES string of the molecule is O=C(O)CCNC(=O)CCCS(=O)c1ccc(Br)cc1. The number of rotatable bonds is 8. The van der Waals surface area contributed by atoms with Crippen LogP contribution in [0.5, 0.6) is 0 Å². The van der Waals surface area contributed by atoms with Crippen LogP contribution in [0, 0.1) is 0 Å². The van der Waals surface area contributed by atoms with E-state index in [1.807, 2.05) is 12.1 Å². The zero-order valence-corrected chi connectivity index (χ0v) is 13.2. The van der Waals surface area contributed by atoms with E-state index in [0.29, 0.717) is 12.2 Å². The van der Waals surface area contributed by atoms with E-state index in [1.54, 1.807) is 12.1 Å². The van der Waals surface area contributed by atoms with Crippen molar-refractivity contribution >= 4 is 38.6 Å². The van der Waals surface area contributed by atoms with E-state index >= 15 is 0 Å². The number of carbonyl (C=O) groups excluding carboxylic acids is 1. The Kier molecular flexibility index (Phi) is 7.46. The monoisotopic (exact) mass is 361 g/mol. The van der Waals surface area contributed by atoms with Crippen molar-refractivity contribution < 1.29 is 18.9 Å². The van der Waals surface area contributed by atoms with E-state index in [9.17, 15) is 13.8 Å². The van der Waals surface area contributed by atoms with Gasteiger partial charge in [-0.3, -0.25) is 13.8 Å². The lowest BCUT2D eigenvalue weighted by Crippen LogP contribution is -2.26. The first kappa shape index (κ1) is 16.8. The molecule has 1 atom stereocenters. The summed E-state index contributed by atoms with van der Waals surface area (Å²) in [5.41, 5.74) is 0. The molecule has 20 heavy (non-hydrogen) atoms. The van der Waals surface area contributed by atoms with E-state index in [0.717, 1.165) is 9.37 Å². The predicted molar refractivity (Wildman–Crippen MR) is 79.9 cm³/mol. The van der Waals surface area contributed by atoms with Crippen LogP contribution in [0.3, 0.4) is 0 Å². The van der Waals surface area contributed by atoms with Crippen LogP contribution in [0.25, 0.3) is 0 Å². The largest absolute Gasteiger partial charge is 0.481 e. The summed E-state index contributed by atoms with van der Waals surface area (Å²) in [5.74, 6) is -0.741. The number of amides is 1. The highest BCUT2D eigenvalue weighted by Gasteiger charge is 2.06. The third-order valence-electron chi connectivity index (χ3n) is 2.47. The van der Waals surface area contributed by atoms with Crippen molar-refractivity contribution in [3.05, 3.63) is 28.7 Å². The molecule has 0 fully saturated rings. The number of hydrogen-bond acceptors (Lipinski definition) is 3. The predicted octanol–water partition coefficient (Wildman–Crippen LogP) is 1.93. The molecule has 0 spiro atoms. The second-order valence-electron chi connectivity index (χ2n) is 4.10. The molecule has 5 nitrogen and oxygen atoms in total. The molecule has 1 aromatic rings. The van der Waals surface area contributed by atoms with Crippen LogP contribution in [0.4, 0.5) is 0 Å². The maximum atomic E-state index is 11.9. The van der Waals surface area contributed by atoms with Crippen molar-refractivity contribution in [2.45, 2.75) is 24.2 Å². The van der Waals surface area contributed by atoms with E-state index < -0.39 is 16.8 Å². The third kappa shape index (κ3) is 6.81. The number of carboxylic acids is 1. The van der Waals surface area contributed by atoms with Gasteiger partial charge in [-0.2, -0.15) is 0 Å². The molecule has 0 saturated carbocycles. The van der Waals surface area contributed by atoms with Gasteiger partial charge in [0.05, 0.1) is 17.2 Å². The Labute approximate surface area is 128 Å². The maximum absolute atomic E-state index is 11.9. The number of carboxylic acid groups (broad SMARTS) is 1. The van der Waals surface area contributed by atoms with Crippen molar-refractivity contribution in [1.82, 2.24) is 5.32 Å². The second kappa shape index (κ2) is 8.86. The average molecular weight is 362 g/mol. The van der Waals surface area contributed by atoms with Gasteiger partial charge in [0, 0.05) is 28.1 Å². The molecule has 0 heterocycles. The third-order valence-corrected chi connectivity index (χ3v) is 4.46. The molecule has 1 aromatic carbocycles. The summed E-state index contributed by atoms with van der Waals surface area (Å²) in [7, 11) is -1.12. The van der Waals surface area contributed by atoms with E-state index in [4.69, 9.17) is 5.11 Å². The van der Waals surface area contributed by atoms with Crippen molar-refractivity contribution in [2.75, 3.05) is 12.3 Å². The molecule has 0 saturated heterocycles. The fraction of sp³-hybridized carbons (Fsp3) is 0.385. The molecule has 0 aliphatic carbocycles. The maximum Gasteiger partial charge on any atom is 0.305 e. The molecule has 0 aliphatic rings. The Bertz CT molecular complexity index is 490. The standard InChI is InChI=1S/C13H16BrNO4S/c14-10-3-5-11(6-4-10)20(19)9-1-2-12(16)15-8-7-13(17)18/h3-6H,1-2,7-9H2,(H,15,16)(H,17,18). The highest BCUT2D eigenvalue weighted by molar-refractivity contribution is 9.10. The van der Waals surface area contributed by atoms with Crippen LogP contribution >= 0.6 is 15.9 Å². The van der Waals surface area contributed by atoms with E-state index in [-0.39, 0.29) is 25.3 Å². The van der Waals surface area contributed by atoms with Crippen LogP contribution in [0.1, 0.15) is 19.3 Å². The molecule has 1 rings (SSSR count). The molecular formula is C13H16BrNO4S. The smallest absolute Gasteiger partial charge is 0.305 e. The highest BCUT2D eigenvalue weighted by atomic mass is 79.9. The zero-order valence-electron chi connectivity index (χ0n) is 10.8. The minimum Gasteiger partial charge on any atom is -0.481 e. The molecule has 0 bridgehead atoms. The molecule has 0 aromatic heterocycles. The van der Waals surface area contributed by atoms with Gasteiger partial charge in [0.1, 0.15) is 0 Å². The Hall–Kier alpha value is -1.21. The zero-order chi connectivity index (χ0) is 15.0. The van der Waals surface area contributed by atoms with Gasteiger partial charge in [-0.05, 0) is 30.7 Å². The lowest BCUT2D eigenvalue weighted by Gasteiger charge is -2.04. The minimum absolute atomic E-state index is 0.0867. The number of benzene rings is 1. The van der Waals surface area contributed by atoms with E-state index in [1.165, 1.54) is 0 Å². The first-order chi connectivity index (χ1) is 9.49. The van der Waals surface area contributed by atoms with Gasteiger partial charge in [0.2, 0.25) is 5.91 Å². The summed E-state index contributed by atoms with van der Waals surface area (Å²) in [4.78, 5) is 22.4. The summed E-state index contributed by atoms with van der Waals surface area (Å²) in [6, 6.07) is 7.22. The number of carbonyl (C=O) groups is 2.